The number of nitrogens with one attached hydrogen (secondary N) is 1. The molecule has 0 atom stereocenters. The Kier molecular flexibility index (Phi) is 6.26. The van der Waals surface area contributed by atoms with Crippen LogP contribution in [0.5, 0.6) is 5.75 Å². The van der Waals surface area contributed by atoms with Gasteiger partial charge in [-0.05, 0) is 50.7 Å². The molecule has 1 aromatic heterocycles. The Morgan fingerprint density at radius 1 is 1.08 bits per heavy atom. The number of rotatable bonds is 8. The zero-order valence-electron chi connectivity index (χ0n) is 15.5. The topological polar surface area (TPSA) is 37.4 Å². The Morgan fingerprint density at radius 2 is 1.88 bits per heavy atom. The maximum atomic E-state index is 5.82. The zero-order valence-corrected chi connectivity index (χ0v) is 16.3. The second-order valence-electron chi connectivity index (χ2n) is 6.54. The summed E-state index contributed by atoms with van der Waals surface area (Å²) >= 11 is 1.63. The molecule has 2 aromatic carbocycles. The molecule has 1 heterocycles. The molecule has 3 rings (SSSR count). The summed E-state index contributed by atoms with van der Waals surface area (Å²) in [6, 6.07) is 16.5. The van der Waals surface area contributed by atoms with Crippen molar-refractivity contribution in [3.8, 4) is 5.75 Å². The second kappa shape index (κ2) is 8.83. The van der Waals surface area contributed by atoms with Crippen LogP contribution in [0.4, 0.5) is 10.8 Å². The Morgan fingerprint density at radius 3 is 2.65 bits per heavy atom. The standard InChI is InChI=1S/C21H25N3OS/c1-16-7-9-18(10-8-16)22-21-23-19(15-26-21)14-24(3)11-12-25-20-6-4-5-17(2)13-20/h4-10,13,15H,11-12,14H2,1-3H3,(H,22,23). The van der Waals surface area contributed by atoms with Crippen LogP contribution in [0.1, 0.15) is 16.8 Å². The van der Waals surface area contributed by atoms with Gasteiger partial charge in [0.15, 0.2) is 5.13 Å². The molecule has 3 aromatic rings. The summed E-state index contributed by atoms with van der Waals surface area (Å²) in [7, 11) is 2.09. The highest BCUT2D eigenvalue weighted by Crippen LogP contribution is 2.21. The van der Waals surface area contributed by atoms with Crippen LogP contribution in [0.15, 0.2) is 53.9 Å². The number of hydrogen-bond donors (Lipinski definition) is 1. The lowest BCUT2D eigenvalue weighted by Crippen LogP contribution is -2.24. The van der Waals surface area contributed by atoms with Gasteiger partial charge in [-0.25, -0.2) is 4.98 Å². The molecule has 0 amide bonds. The first-order valence-corrected chi connectivity index (χ1v) is 9.62. The highest BCUT2D eigenvalue weighted by molar-refractivity contribution is 7.13. The summed E-state index contributed by atoms with van der Waals surface area (Å²) in [5, 5.41) is 6.39. The number of nitrogens with zero attached hydrogens (tertiary/aromatic N) is 2. The van der Waals surface area contributed by atoms with Crippen LogP contribution in [0.2, 0.25) is 0 Å². The maximum Gasteiger partial charge on any atom is 0.187 e. The molecule has 0 aliphatic rings. The predicted molar refractivity (Wildman–Crippen MR) is 110 cm³/mol. The fourth-order valence-electron chi connectivity index (χ4n) is 2.58. The fourth-order valence-corrected chi connectivity index (χ4v) is 3.30. The highest BCUT2D eigenvalue weighted by Gasteiger charge is 2.06. The molecule has 0 fully saturated rings. The highest BCUT2D eigenvalue weighted by atomic mass is 32.1. The number of ether oxygens (including phenoxy) is 1. The van der Waals surface area contributed by atoms with Crippen LogP contribution in [-0.4, -0.2) is 30.1 Å². The molecule has 26 heavy (non-hydrogen) atoms. The van der Waals surface area contributed by atoms with E-state index in [1.54, 1.807) is 11.3 Å². The normalized spacial score (nSPS) is 10.9. The third kappa shape index (κ3) is 5.58. The van der Waals surface area contributed by atoms with Gasteiger partial charge in [0.2, 0.25) is 0 Å². The van der Waals surface area contributed by atoms with Gasteiger partial charge in [-0.3, -0.25) is 4.90 Å². The predicted octanol–water partition coefficient (Wildman–Crippen LogP) is 5.01. The van der Waals surface area contributed by atoms with Crippen molar-refractivity contribution in [3.05, 3.63) is 70.7 Å². The SMILES string of the molecule is Cc1ccc(Nc2nc(CN(C)CCOc3cccc(C)c3)cs2)cc1. The molecule has 0 aliphatic heterocycles. The maximum absolute atomic E-state index is 5.82. The summed E-state index contributed by atoms with van der Waals surface area (Å²) in [6.45, 7) is 6.49. The summed E-state index contributed by atoms with van der Waals surface area (Å²) in [5.41, 5.74) is 4.61. The molecule has 0 radical (unpaired) electrons. The third-order valence-electron chi connectivity index (χ3n) is 4.02. The van der Waals surface area contributed by atoms with Crippen molar-refractivity contribution >= 4 is 22.2 Å². The lowest BCUT2D eigenvalue weighted by Gasteiger charge is -2.15. The van der Waals surface area contributed by atoms with Crippen molar-refractivity contribution in [2.75, 3.05) is 25.5 Å². The van der Waals surface area contributed by atoms with E-state index in [0.717, 1.165) is 35.4 Å². The lowest BCUT2D eigenvalue weighted by molar-refractivity contribution is 0.231. The van der Waals surface area contributed by atoms with Crippen LogP contribution >= 0.6 is 11.3 Å². The van der Waals surface area contributed by atoms with Crippen LogP contribution in [0.25, 0.3) is 0 Å². The van der Waals surface area contributed by atoms with Crippen molar-refractivity contribution in [3.63, 3.8) is 0 Å². The average molecular weight is 368 g/mol. The molecule has 0 saturated heterocycles. The second-order valence-corrected chi connectivity index (χ2v) is 7.40. The Hall–Kier alpha value is -2.37. The van der Waals surface area contributed by atoms with Gasteiger partial charge in [-0.15, -0.1) is 11.3 Å². The van der Waals surface area contributed by atoms with E-state index < -0.39 is 0 Å². The Bertz CT molecular complexity index is 829. The molecule has 0 spiro atoms. The monoisotopic (exact) mass is 367 g/mol. The van der Waals surface area contributed by atoms with E-state index in [9.17, 15) is 0 Å². The average Bonchev–Trinajstić information content (AvgIpc) is 3.04. The number of hydrogen-bond acceptors (Lipinski definition) is 5. The first-order valence-electron chi connectivity index (χ1n) is 8.74. The van der Waals surface area contributed by atoms with E-state index in [2.05, 4.69) is 77.9 Å². The number of aryl methyl sites for hydroxylation is 2. The van der Waals surface area contributed by atoms with Gasteiger partial charge in [0.05, 0.1) is 5.69 Å². The van der Waals surface area contributed by atoms with E-state index in [0.29, 0.717) is 6.61 Å². The van der Waals surface area contributed by atoms with Crippen LogP contribution in [-0.2, 0) is 6.54 Å². The summed E-state index contributed by atoms with van der Waals surface area (Å²) < 4.78 is 5.82. The largest absolute Gasteiger partial charge is 0.492 e. The number of likely N-dealkylation sites (N-methyl/N-ethyl adjacent to an activating group) is 1. The van der Waals surface area contributed by atoms with Crippen molar-refractivity contribution < 1.29 is 4.74 Å². The van der Waals surface area contributed by atoms with Gasteiger partial charge in [-0.2, -0.15) is 0 Å². The molecule has 5 heteroatoms. The third-order valence-corrected chi connectivity index (χ3v) is 4.82. The van der Waals surface area contributed by atoms with Crippen LogP contribution in [0.3, 0.4) is 0 Å². The molecular weight excluding hydrogens is 342 g/mol. The van der Waals surface area contributed by atoms with E-state index in [4.69, 9.17) is 4.74 Å². The molecule has 1 N–H and O–H groups in total. The Balaban J connectivity index is 1.45. The molecule has 0 bridgehead atoms. The van der Waals surface area contributed by atoms with Gasteiger partial charge < -0.3 is 10.1 Å². The number of benzene rings is 2. The van der Waals surface area contributed by atoms with Crippen molar-refractivity contribution in [1.82, 2.24) is 9.88 Å². The number of anilines is 2. The van der Waals surface area contributed by atoms with Crippen molar-refractivity contribution in [2.24, 2.45) is 0 Å². The summed E-state index contributed by atoms with van der Waals surface area (Å²) in [4.78, 5) is 6.89. The first-order chi connectivity index (χ1) is 12.6. The van der Waals surface area contributed by atoms with Gasteiger partial charge in [-0.1, -0.05) is 29.8 Å². The number of thiazole rings is 1. The van der Waals surface area contributed by atoms with E-state index in [1.807, 2.05) is 12.1 Å². The quantitative estimate of drug-likeness (QED) is 0.607. The minimum absolute atomic E-state index is 0.665. The van der Waals surface area contributed by atoms with E-state index in [1.165, 1.54) is 11.1 Å². The zero-order chi connectivity index (χ0) is 18.4. The van der Waals surface area contributed by atoms with Crippen LogP contribution < -0.4 is 10.1 Å². The smallest absolute Gasteiger partial charge is 0.187 e. The Labute approximate surface area is 159 Å². The summed E-state index contributed by atoms with van der Waals surface area (Å²) in [5.74, 6) is 0.927. The molecular formula is C21H25N3OS. The minimum Gasteiger partial charge on any atom is -0.492 e. The van der Waals surface area contributed by atoms with E-state index in [-0.39, 0.29) is 0 Å². The lowest BCUT2D eigenvalue weighted by atomic mass is 10.2. The fraction of sp³-hybridized carbons (Fsp3) is 0.286. The molecule has 0 saturated carbocycles. The van der Waals surface area contributed by atoms with E-state index >= 15 is 0 Å². The summed E-state index contributed by atoms with van der Waals surface area (Å²) in [6.07, 6.45) is 0. The first kappa shape index (κ1) is 18.4. The van der Waals surface area contributed by atoms with Gasteiger partial charge in [0.1, 0.15) is 12.4 Å². The van der Waals surface area contributed by atoms with Crippen molar-refractivity contribution in [1.29, 1.82) is 0 Å². The molecule has 0 unspecified atom stereocenters. The molecule has 4 nitrogen and oxygen atoms in total. The van der Waals surface area contributed by atoms with Gasteiger partial charge in [0.25, 0.3) is 0 Å². The van der Waals surface area contributed by atoms with Gasteiger partial charge in [0, 0.05) is 24.2 Å². The minimum atomic E-state index is 0.665. The van der Waals surface area contributed by atoms with Gasteiger partial charge >= 0.3 is 0 Å². The molecule has 0 aliphatic carbocycles. The van der Waals surface area contributed by atoms with Crippen molar-refractivity contribution in [2.45, 2.75) is 20.4 Å². The molecule has 136 valence electrons. The number of aromatic nitrogens is 1. The van der Waals surface area contributed by atoms with Crippen LogP contribution in [0, 0.1) is 13.8 Å².